The summed E-state index contributed by atoms with van der Waals surface area (Å²) < 4.78 is 0. The molecule has 1 saturated carbocycles. The second-order valence-corrected chi connectivity index (χ2v) is 15.3. The van der Waals surface area contributed by atoms with Crippen LogP contribution in [-0.4, -0.2) is 70.3 Å². The molecule has 0 N–H and O–H groups in total. The van der Waals surface area contributed by atoms with Gasteiger partial charge in [-0.05, 0) is 69.9 Å². The molecule has 0 aromatic heterocycles. The van der Waals surface area contributed by atoms with Crippen LogP contribution in [0.4, 0.5) is 0 Å². The Balaban J connectivity index is 0.00000420. The van der Waals surface area contributed by atoms with Gasteiger partial charge in [-0.25, -0.2) is 0 Å². The predicted molar refractivity (Wildman–Crippen MR) is 164 cm³/mol. The standard InChI is InChI=1S/C32H50ClN3O2.ClH/c1-30(2,3)29(38)36(22-13-16-32(7,8)17-14-22)23-15-18-34(19-23)28(37)26-21-35(31(4,5)6)20-25(26)24-11-9-10-12-27(24)33;/h9-12,22-23,25-26H,13-21H2,1-8H3;1H/t23-,25-,26+;/m0./s1. The van der Waals surface area contributed by atoms with Crippen LogP contribution in [0, 0.1) is 16.7 Å². The van der Waals surface area contributed by atoms with Gasteiger partial charge in [-0.15, -0.1) is 12.4 Å². The molecular formula is C32H51Cl2N3O2. The molecule has 1 aromatic rings. The summed E-state index contributed by atoms with van der Waals surface area (Å²) in [5.41, 5.74) is 0.967. The smallest absolute Gasteiger partial charge is 0.228 e. The van der Waals surface area contributed by atoms with Gasteiger partial charge in [-0.1, -0.05) is 64.4 Å². The van der Waals surface area contributed by atoms with E-state index in [9.17, 15) is 9.59 Å². The van der Waals surface area contributed by atoms with Crippen molar-refractivity contribution < 1.29 is 9.59 Å². The molecule has 220 valence electrons. The van der Waals surface area contributed by atoms with Crippen LogP contribution in [0.3, 0.4) is 0 Å². The Kier molecular flexibility index (Phi) is 9.83. The van der Waals surface area contributed by atoms with Crippen molar-refractivity contribution in [1.82, 2.24) is 14.7 Å². The van der Waals surface area contributed by atoms with E-state index >= 15 is 0 Å². The summed E-state index contributed by atoms with van der Waals surface area (Å²) in [4.78, 5) is 34.6. The molecule has 2 saturated heterocycles. The quantitative estimate of drug-likeness (QED) is 0.385. The molecule has 3 aliphatic rings. The summed E-state index contributed by atoms with van der Waals surface area (Å²) in [6, 6.07) is 8.36. The van der Waals surface area contributed by atoms with Crippen LogP contribution in [0.5, 0.6) is 0 Å². The van der Waals surface area contributed by atoms with Gasteiger partial charge in [0.05, 0.1) is 12.0 Å². The molecule has 39 heavy (non-hydrogen) atoms. The molecule has 0 radical (unpaired) electrons. The largest absolute Gasteiger partial charge is 0.340 e. The first-order chi connectivity index (χ1) is 17.6. The van der Waals surface area contributed by atoms with E-state index in [1.165, 1.54) is 0 Å². The zero-order valence-electron chi connectivity index (χ0n) is 25.4. The summed E-state index contributed by atoms with van der Waals surface area (Å²) in [7, 11) is 0. The zero-order valence-corrected chi connectivity index (χ0v) is 27.0. The molecule has 1 aliphatic carbocycles. The van der Waals surface area contributed by atoms with Crippen LogP contribution in [0.1, 0.15) is 99.0 Å². The van der Waals surface area contributed by atoms with Crippen molar-refractivity contribution in [1.29, 1.82) is 0 Å². The van der Waals surface area contributed by atoms with Crippen molar-refractivity contribution >= 4 is 35.8 Å². The lowest BCUT2D eigenvalue weighted by molar-refractivity contribution is -0.147. The van der Waals surface area contributed by atoms with E-state index in [4.69, 9.17) is 11.6 Å². The van der Waals surface area contributed by atoms with Gasteiger partial charge in [0.25, 0.3) is 0 Å². The molecular weight excluding hydrogens is 529 g/mol. The lowest BCUT2D eigenvalue weighted by atomic mass is 9.74. The van der Waals surface area contributed by atoms with Gasteiger partial charge >= 0.3 is 0 Å². The molecule has 1 aromatic carbocycles. The van der Waals surface area contributed by atoms with E-state index in [1.54, 1.807) is 0 Å². The second-order valence-electron chi connectivity index (χ2n) is 14.9. The highest BCUT2D eigenvalue weighted by molar-refractivity contribution is 6.31. The number of amides is 2. The molecule has 0 unspecified atom stereocenters. The van der Waals surface area contributed by atoms with Crippen LogP contribution < -0.4 is 0 Å². The molecule has 3 atom stereocenters. The first-order valence-electron chi connectivity index (χ1n) is 14.7. The first-order valence-corrected chi connectivity index (χ1v) is 15.1. The van der Waals surface area contributed by atoms with Crippen LogP contribution in [0.25, 0.3) is 0 Å². The fourth-order valence-electron chi connectivity index (χ4n) is 6.78. The number of rotatable bonds is 4. The number of benzene rings is 1. The molecule has 4 rings (SSSR count). The van der Waals surface area contributed by atoms with Gasteiger partial charge in [-0.3, -0.25) is 14.5 Å². The highest BCUT2D eigenvalue weighted by Gasteiger charge is 2.47. The summed E-state index contributed by atoms with van der Waals surface area (Å²) >= 11 is 6.66. The topological polar surface area (TPSA) is 43.9 Å². The Morgan fingerprint density at radius 3 is 2.10 bits per heavy atom. The molecule has 2 heterocycles. The van der Waals surface area contributed by atoms with Crippen molar-refractivity contribution in [3.05, 3.63) is 34.9 Å². The van der Waals surface area contributed by atoms with Gasteiger partial charge in [0.1, 0.15) is 0 Å². The van der Waals surface area contributed by atoms with Gasteiger partial charge in [0, 0.05) is 54.1 Å². The normalized spacial score (nSPS) is 26.4. The van der Waals surface area contributed by atoms with Crippen LogP contribution in [0.15, 0.2) is 24.3 Å². The molecule has 2 amide bonds. The summed E-state index contributed by atoms with van der Waals surface area (Å²) in [5, 5.41) is 0.743. The molecule has 5 nitrogen and oxygen atoms in total. The van der Waals surface area contributed by atoms with Gasteiger partial charge in [0.2, 0.25) is 11.8 Å². The predicted octanol–water partition coefficient (Wildman–Crippen LogP) is 7.02. The fourth-order valence-corrected chi connectivity index (χ4v) is 7.05. The van der Waals surface area contributed by atoms with Gasteiger partial charge < -0.3 is 9.80 Å². The minimum absolute atomic E-state index is 0. The number of likely N-dealkylation sites (tertiary alicyclic amines) is 2. The number of carbonyl (C=O) groups is 2. The lowest BCUT2D eigenvalue weighted by Crippen LogP contribution is -2.54. The molecule has 0 spiro atoms. The SMILES string of the molecule is CC1(C)CCC(N(C(=O)C(C)(C)C)[C@H]2CCN(C(=O)[C@@H]3CN(C(C)(C)C)C[C@H]3c3ccccc3Cl)C2)CC1.Cl. The van der Waals surface area contributed by atoms with E-state index in [1.807, 2.05) is 39.0 Å². The second kappa shape index (κ2) is 11.9. The van der Waals surface area contributed by atoms with Crippen molar-refractivity contribution in [2.75, 3.05) is 26.2 Å². The summed E-state index contributed by atoms with van der Waals surface area (Å²) in [5.74, 6) is 0.393. The molecule has 0 bridgehead atoms. The number of halogens is 2. The maximum Gasteiger partial charge on any atom is 0.228 e. The fraction of sp³-hybridized carbons (Fsp3) is 0.750. The van der Waals surface area contributed by atoms with E-state index < -0.39 is 5.41 Å². The average Bonchev–Trinajstić information content (AvgIpc) is 3.47. The van der Waals surface area contributed by atoms with Crippen LogP contribution in [0.2, 0.25) is 5.02 Å². The maximum absolute atomic E-state index is 14.2. The number of hydrogen-bond acceptors (Lipinski definition) is 3. The van der Waals surface area contributed by atoms with Crippen molar-refractivity contribution in [2.24, 2.45) is 16.7 Å². The molecule has 2 aliphatic heterocycles. The zero-order chi connectivity index (χ0) is 28.0. The van der Waals surface area contributed by atoms with Crippen molar-refractivity contribution in [3.63, 3.8) is 0 Å². The Morgan fingerprint density at radius 1 is 0.923 bits per heavy atom. The Bertz CT molecular complexity index is 1020. The maximum atomic E-state index is 14.2. The van der Waals surface area contributed by atoms with Crippen molar-refractivity contribution in [2.45, 2.75) is 111 Å². The number of hydrogen-bond donors (Lipinski definition) is 0. The van der Waals surface area contributed by atoms with Crippen molar-refractivity contribution in [3.8, 4) is 0 Å². The third-order valence-corrected chi connectivity index (χ3v) is 9.68. The Labute approximate surface area is 248 Å². The van der Waals surface area contributed by atoms with E-state index in [0.717, 1.165) is 62.3 Å². The highest BCUT2D eigenvalue weighted by atomic mass is 35.5. The first kappa shape index (κ1) is 32.2. The van der Waals surface area contributed by atoms with Crippen LogP contribution in [-0.2, 0) is 9.59 Å². The average molecular weight is 581 g/mol. The molecule has 7 heteroatoms. The van der Waals surface area contributed by atoms with Crippen LogP contribution >= 0.6 is 24.0 Å². The number of nitrogens with zero attached hydrogens (tertiary/aromatic N) is 3. The van der Waals surface area contributed by atoms with E-state index in [2.05, 4.69) is 55.4 Å². The Morgan fingerprint density at radius 2 is 1.54 bits per heavy atom. The third-order valence-electron chi connectivity index (χ3n) is 9.34. The van der Waals surface area contributed by atoms with Gasteiger partial charge in [0.15, 0.2) is 0 Å². The van der Waals surface area contributed by atoms with E-state index in [-0.39, 0.29) is 53.7 Å². The highest BCUT2D eigenvalue weighted by Crippen LogP contribution is 2.42. The monoisotopic (exact) mass is 579 g/mol. The summed E-state index contributed by atoms with van der Waals surface area (Å²) in [6.45, 7) is 20.3. The minimum atomic E-state index is -0.432. The lowest BCUT2D eigenvalue weighted by Gasteiger charge is -2.45. The third kappa shape index (κ3) is 7.13. The number of carbonyl (C=O) groups excluding carboxylic acids is 2. The van der Waals surface area contributed by atoms with Gasteiger partial charge in [-0.2, -0.15) is 0 Å². The summed E-state index contributed by atoms with van der Waals surface area (Å²) in [6.07, 6.45) is 5.25. The minimum Gasteiger partial charge on any atom is -0.340 e. The molecule has 3 fully saturated rings. The van der Waals surface area contributed by atoms with E-state index in [0.29, 0.717) is 12.0 Å². The Hall–Kier alpha value is -1.30.